The molecule has 0 spiro atoms. The molecule has 34 heavy (non-hydrogen) atoms. The smallest absolute Gasteiger partial charge is 0.197 e. The zero-order valence-electron chi connectivity index (χ0n) is 18.3. The highest BCUT2D eigenvalue weighted by Gasteiger charge is 2.38. The lowest BCUT2D eigenvalue weighted by Gasteiger charge is -2.22. The fraction of sp³-hybridized carbons (Fsp3) is 0.0714. The van der Waals surface area contributed by atoms with E-state index in [1.54, 1.807) is 12.1 Å². The van der Waals surface area contributed by atoms with Gasteiger partial charge in [0.05, 0.1) is 20.9 Å². The minimum atomic E-state index is -0.871. The number of rotatable bonds is 4. The summed E-state index contributed by atoms with van der Waals surface area (Å²) in [6, 6.07) is 20.9. The molecule has 0 fully saturated rings. The maximum atomic E-state index is 16.1. The molecule has 0 bridgehead atoms. The zero-order valence-corrected chi connectivity index (χ0v) is 20.0. The first-order valence-electron chi connectivity index (χ1n) is 10.6. The van der Waals surface area contributed by atoms with E-state index < -0.39 is 34.3 Å². The van der Waals surface area contributed by atoms with E-state index in [1.165, 1.54) is 12.1 Å². The van der Waals surface area contributed by atoms with E-state index in [-0.39, 0.29) is 20.9 Å². The van der Waals surface area contributed by atoms with Gasteiger partial charge in [-0.15, -0.1) is 0 Å². The molecule has 4 aromatic rings. The quantitative estimate of drug-likeness (QED) is 0.260. The van der Waals surface area contributed by atoms with Crippen LogP contribution in [0, 0.1) is 25.5 Å². The summed E-state index contributed by atoms with van der Waals surface area (Å²) in [6.45, 7) is 3.88. The van der Waals surface area contributed by atoms with Crippen LogP contribution in [-0.4, -0.2) is 11.6 Å². The van der Waals surface area contributed by atoms with Gasteiger partial charge < -0.3 is 0 Å². The SMILES string of the molecule is Cc1ccc(Sc2c(F)c3c(c(F)c2Sc2ccc(C)cc2)C(=O)c2ccccc2C3=O)cc1. The minimum absolute atomic E-state index is 0.00814. The van der Waals surface area contributed by atoms with Crippen molar-refractivity contribution in [3.8, 4) is 0 Å². The van der Waals surface area contributed by atoms with Crippen LogP contribution in [0.2, 0.25) is 0 Å². The van der Waals surface area contributed by atoms with Crippen LogP contribution in [0.25, 0.3) is 0 Å². The molecule has 1 aliphatic rings. The van der Waals surface area contributed by atoms with Crippen LogP contribution in [0.1, 0.15) is 43.0 Å². The molecular formula is C28H18F2O2S2. The molecule has 5 rings (SSSR count). The monoisotopic (exact) mass is 488 g/mol. The van der Waals surface area contributed by atoms with E-state index in [1.807, 2.05) is 62.4 Å². The third-order valence-electron chi connectivity index (χ3n) is 5.65. The molecular weight excluding hydrogens is 470 g/mol. The molecule has 0 atom stereocenters. The van der Waals surface area contributed by atoms with Gasteiger partial charge in [0.25, 0.3) is 0 Å². The van der Waals surface area contributed by atoms with Crippen molar-refractivity contribution in [3.05, 3.63) is 118 Å². The van der Waals surface area contributed by atoms with Crippen LogP contribution in [0.5, 0.6) is 0 Å². The Bertz CT molecular complexity index is 1350. The van der Waals surface area contributed by atoms with Crippen molar-refractivity contribution in [2.45, 2.75) is 33.4 Å². The number of ketones is 2. The molecule has 168 valence electrons. The van der Waals surface area contributed by atoms with Gasteiger partial charge in [0, 0.05) is 20.9 Å². The van der Waals surface area contributed by atoms with Gasteiger partial charge in [-0.2, -0.15) is 0 Å². The van der Waals surface area contributed by atoms with E-state index >= 15 is 8.78 Å². The van der Waals surface area contributed by atoms with Crippen molar-refractivity contribution >= 4 is 35.1 Å². The Morgan fingerprint density at radius 3 is 1.26 bits per heavy atom. The van der Waals surface area contributed by atoms with Gasteiger partial charge in [0.1, 0.15) is 11.6 Å². The van der Waals surface area contributed by atoms with Crippen molar-refractivity contribution in [2.75, 3.05) is 0 Å². The standard InChI is InChI=1S/C28H18F2O2S2/c1-15-7-11-17(12-8-15)33-27-23(29)21-22(26(32)20-6-4-3-5-19(20)25(21)31)24(30)28(27)34-18-13-9-16(2)10-14-18/h3-14H,1-2H3. The van der Waals surface area contributed by atoms with Crippen molar-refractivity contribution in [1.29, 1.82) is 0 Å². The molecule has 0 aliphatic heterocycles. The lowest BCUT2D eigenvalue weighted by Crippen LogP contribution is -2.25. The van der Waals surface area contributed by atoms with E-state index in [4.69, 9.17) is 0 Å². The maximum Gasteiger partial charge on any atom is 0.197 e. The summed E-state index contributed by atoms with van der Waals surface area (Å²) in [6.07, 6.45) is 0. The summed E-state index contributed by atoms with van der Waals surface area (Å²) in [5.74, 6) is -3.10. The molecule has 2 nitrogen and oxygen atoms in total. The largest absolute Gasteiger partial charge is 0.288 e. The molecule has 1 aliphatic carbocycles. The van der Waals surface area contributed by atoms with Crippen LogP contribution in [0.15, 0.2) is 92.4 Å². The van der Waals surface area contributed by atoms with Gasteiger partial charge >= 0.3 is 0 Å². The normalized spacial score (nSPS) is 12.5. The van der Waals surface area contributed by atoms with Gasteiger partial charge in [0.2, 0.25) is 0 Å². The number of halogens is 2. The van der Waals surface area contributed by atoms with Crippen molar-refractivity contribution in [3.63, 3.8) is 0 Å². The average molecular weight is 489 g/mol. The number of carbonyl (C=O) groups is 2. The van der Waals surface area contributed by atoms with E-state index in [9.17, 15) is 9.59 Å². The van der Waals surface area contributed by atoms with Gasteiger partial charge in [-0.3, -0.25) is 9.59 Å². The molecule has 0 saturated heterocycles. The fourth-order valence-electron chi connectivity index (χ4n) is 3.85. The van der Waals surface area contributed by atoms with Crippen LogP contribution in [-0.2, 0) is 0 Å². The summed E-state index contributed by atoms with van der Waals surface area (Å²) in [7, 11) is 0. The Hall–Kier alpha value is -3.22. The van der Waals surface area contributed by atoms with Crippen LogP contribution < -0.4 is 0 Å². The molecule has 0 amide bonds. The number of hydrogen-bond donors (Lipinski definition) is 0. The highest BCUT2D eigenvalue weighted by atomic mass is 32.2. The van der Waals surface area contributed by atoms with Crippen LogP contribution >= 0.6 is 23.5 Å². The Balaban J connectivity index is 1.74. The van der Waals surface area contributed by atoms with Crippen molar-refractivity contribution < 1.29 is 18.4 Å². The van der Waals surface area contributed by atoms with Gasteiger partial charge in [-0.1, -0.05) is 83.2 Å². The molecule has 0 aromatic heterocycles. The second-order valence-electron chi connectivity index (χ2n) is 8.07. The summed E-state index contributed by atoms with van der Waals surface area (Å²) < 4.78 is 32.1. The second-order valence-corrected chi connectivity index (χ2v) is 10.2. The van der Waals surface area contributed by atoms with Gasteiger partial charge in [-0.05, 0) is 38.1 Å². The summed E-state index contributed by atoms with van der Waals surface area (Å²) in [4.78, 5) is 27.8. The molecule has 0 N–H and O–H groups in total. The molecule has 4 aromatic carbocycles. The predicted octanol–water partition coefficient (Wildman–Crippen LogP) is 7.66. The Kier molecular flexibility index (Phi) is 5.88. The lowest BCUT2D eigenvalue weighted by atomic mass is 9.83. The first-order chi connectivity index (χ1) is 16.3. The minimum Gasteiger partial charge on any atom is -0.288 e. The van der Waals surface area contributed by atoms with Crippen molar-refractivity contribution in [1.82, 2.24) is 0 Å². The third kappa shape index (κ3) is 3.87. The summed E-state index contributed by atoms with van der Waals surface area (Å²) in [5.41, 5.74) is 1.25. The highest BCUT2D eigenvalue weighted by molar-refractivity contribution is 8.02. The number of fused-ring (bicyclic) bond motifs is 2. The number of benzene rings is 4. The topological polar surface area (TPSA) is 34.1 Å². The Morgan fingerprint density at radius 2 is 0.912 bits per heavy atom. The third-order valence-corrected chi connectivity index (χ3v) is 7.97. The van der Waals surface area contributed by atoms with Gasteiger partial charge in [0.15, 0.2) is 11.6 Å². The average Bonchev–Trinajstić information content (AvgIpc) is 2.84. The number of carbonyl (C=O) groups excluding carboxylic acids is 2. The first-order valence-corrected chi connectivity index (χ1v) is 12.2. The first kappa shape index (κ1) is 22.6. The number of hydrogen-bond acceptors (Lipinski definition) is 4. The fourth-order valence-corrected chi connectivity index (χ4v) is 5.87. The van der Waals surface area contributed by atoms with E-state index in [2.05, 4.69) is 0 Å². The zero-order chi connectivity index (χ0) is 24.0. The number of aryl methyl sites for hydroxylation is 2. The molecule has 0 heterocycles. The van der Waals surface area contributed by atoms with Crippen LogP contribution in [0.4, 0.5) is 8.78 Å². The van der Waals surface area contributed by atoms with Crippen LogP contribution in [0.3, 0.4) is 0 Å². The lowest BCUT2D eigenvalue weighted by molar-refractivity contribution is 0.0970. The molecule has 0 unspecified atom stereocenters. The molecule has 0 saturated carbocycles. The second kappa shape index (κ2) is 8.85. The highest BCUT2D eigenvalue weighted by Crippen LogP contribution is 2.46. The molecule has 0 radical (unpaired) electrons. The Labute approximate surface area is 204 Å². The van der Waals surface area contributed by atoms with Crippen molar-refractivity contribution in [2.24, 2.45) is 0 Å². The maximum absolute atomic E-state index is 16.1. The predicted molar refractivity (Wildman–Crippen MR) is 130 cm³/mol. The van der Waals surface area contributed by atoms with Gasteiger partial charge in [-0.25, -0.2) is 8.78 Å². The Morgan fingerprint density at radius 1 is 0.559 bits per heavy atom. The van der Waals surface area contributed by atoms with E-state index in [0.717, 1.165) is 34.7 Å². The molecule has 6 heteroatoms. The summed E-state index contributed by atoms with van der Waals surface area (Å²) in [5, 5.41) is 0. The van der Waals surface area contributed by atoms with E-state index in [0.29, 0.717) is 9.79 Å². The summed E-state index contributed by atoms with van der Waals surface area (Å²) >= 11 is 2.09.